The van der Waals surface area contributed by atoms with E-state index in [0.29, 0.717) is 74.6 Å². The van der Waals surface area contributed by atoms with E-state index in [0.717, 1.165) is 45.4 Å². The molecule has 0 aliphatic carbocycles. The minimum atomic E-state index is -0.922. The number of hydrogen-bond acceptors (Lipinski definition) is 35. The summed E-state index contributed by atoms with van der Waals surface area (Å²) in [5, 5.41) is 128. The largest absolute Gasteiger partial charge is 0.507 e. The molecule has 47 nitrogen and oxygen atoms in total. The molecule has 7 aromatic carbocycles. The van der Waals surface area contributed by atoms with Gasteiger partial charge in [0.25, 0.3) is 22.7 Å². The first-order valence-corrected chi connectivity index (χ1v) is 36.0. The molecule has 10 N–H and O–H groups in total. The third-order valence-corrected chi connectivity index (χ3v) is 16.0. The normalized spacial score (nSPS) is 10.2. The molecule has 12 aromatic heterocycles. The molecule has 0 spiro atoms. The van der Waals surface area contributed by atoms with Crippen molar-refractivity contribution in [1.82, 2.24) is 194 Å². The van der Waals surface area contributed by atoms with Crippen molar-refractivity contribution in [2.24, 2.45) is 0 Å². The van der Waals surface area contributed by atoms with E-state index < -0.39 is 11.6 Å². The summed E-state index contributed by atoms with van der Waals surface area (Å²) in [6, 6.07) is 57.4. The van der Waals surface area contributed by atoms with Gasteiger partial charge in [0.2, 0.25) is 23.3 Å². The second kappa shape index (κ2) is 44.5. The number of phenols is 1. The minimum absolute atomic E-state index is 0.0179. The number of carboxylic acid groups (broad SMARTS) is 1. The van der Waals surface area contributed by atoms with Crippen LogP contribution in [0.15, 0.2) is 213 Å². The molecule has 0 aliphatic rings. The Morgan fingerprint density at radius 3 is 1.55 bits per heavy atom. The number of aryl methyl sites for hydroxylation is 6. The lowest BCUT2D eigenvalue weighted by molar-refractivity contribution is -0.136. The van der Waals surface area contributed by atoms with E-state index in [1.807, 2.05) is 155 Å². The number of halogens is 1. The number of ether oxygens (including phenoxy) is 1. The number of aromatic nitrogens is 38. The fourth-order valence-corrected chi connectivity index (χ4v) is 9.89. The summed E-state index contributed by atoms with van der Waals surface area (Å²) >= 11 is 5.71. The monoisotopic (exact) mass is 1660 g/mol. The molecular weight excluding hydrogens is 1590 g/mol. The molecular formula is C73H71ClN38O9. The lowest BCUT2D eigenvalue weighted by Crippen LogP contribution is -2.14. The molecule has 0 fully saturated rings. The van der Waals surface area contributed by atoms with Crippen molar-refractivity contribution in [3.05, 3.63) is 276 Å². The number of aromatic hydroxyl groups is 1. The molecule has 0 amide bonds. The Morgan fingerprint density at radius 1 is 0.512 bits per heavy atom. The van der Waals surface area contributed by atoms with Gasteiger partial charge in [-0.3, -0.25) is 19.2 Å². The van der Waals surface area contributed by atoms with Crippen molar-refractivity contribution in [3.8, 4) is 68.3 Å². The number of methoxy groups -OCH3 is 1. The Balaban J connectivity index is 0.000000143. The number of aromatic amines is 8. The molecule has 19 aromatic rings. The highest BCUT2D eigenvalue weighted by Gasteiger charge is 2.16. The number of phenolic OH excluding ortho intramolecular Hbond substituents is 1. The van der Waals surface area contributed by atoms with E-state index in [2.05, 4.69) is 187 Å². The van der Waals surface area contributed by atoms with Gasteiger partial charge in [0, 0.05) is 57.0 Å². The fourth-order valence-electron chi connectivity index (χ4n) is 9.76. The summed E-state index contributed by atoms with van der Waals surface area (Å²) in [5.74, 6) is 3.11. The predicted molar refractivity (Wildman–Crippen MR) is 428 cm³/mol. The van der Waals surface area contributed by atoms with Gasteiger partial charge in [0.1, 0.15) is 29.1 Å². The molecule has 121 heavy (non-hydrogen) atoms. The Labute approximate surface area is 684 Å². The maximum atomic E-state index is 11.9. The lowest BCUT2D eigenvalue weighted by Gasteiger charge is -2.04. The fraction of sp³-hybridized carbons (Fsp3) is 0.151. The molecule has 0 unspecified atom stereocenters. The van der Waals surface area contributed by atoms with Crippen LogP contribution < -0.4 is 21.5 Å². The summed E-state index contributed by atoms with van der Waals surface area (Å²) < 4.78 is 13.9. The van der Waals surface area contributed by atoms with Crippen LogP contribution in [-0.4, -0.2) is 223 Å². The molecule has 19 rings (SSSR count). The van der Waals surface area contributed by atoms with E-state index >= 15 is 0 Å². The van der Waals surface area contributed by atoms with Gasteiger partial charge >= 0.3 is 11.6 Å². The first kappa shape index (κ1) is 86.2. The molecule has 0 radical (unpaired) electrons. The zero-order valence-corrected chi connectivity index (χ0v) is 65.6. The summed E-state index contributed by atoms with van der Waals surface area (Å²) in [6.45, 7) is 12.3. The van der Waals surface area contributed by atoms with Crippen molar-refractivity contribution >= 4 is 45.9 Å². The number of nitrogens with one attached hydrogen (secondary N) is 8. The number of benzene rings is 7. The number of ketones is 1. The van der Waals surface area contributed by atoms with Gasteiger partial charge in [0.05, 0.1) is 24.8 Å². The van der Waals surface area contributed by atoms with Gasteiger partial charge in [-0.1, -0.05) is 171 Å². The number of nitrogens with zero attached hydrogens (tertiary/aromatic N) is 30. The highest BCUT2D eigenvalue weighted by Crippen LogP contribution is 2.23. The van der Waals surface area contributed by atoms with Gasteiger partial charge in [-0.15, -0.1) is 66.3 Å². The van der Waals surface area contributed by atoms with Gasteiger partial charge in [-0.25, -0.2) is 19.4 Å². The van der Waals surface area contributed by atoms with Crippen LogP contribution in [0.2, 0.25) is 5.02 Å². The molecule has 614 valence electrons. The summed E-state index contributed by atoms with van der Waals surface area (Å²) in [7, 11) is 1.67. The Kier molecular flexibility index (Phi) is 31.7. The zero-order valence-electron chi connectivity index (χ0n) is 64.9. The second-order valence-electron chi connectivity index (χ2n) is 24.3. The third kappa shape index (κ3) is 26.4. The number of para-hydroxylation sites is 1. The van der Waals surface area contributed by atoms with E-state index in [1.54, 1.807) is 56.5 Å². The summed E-state index contributed by atoms with van der Waals surface area (Å²) in [4.78, 5) is 64.7. The molecule has 48 heteroatoms. The standard InChI is InChI=1S/C11H12N4O2.C10H7N5O.C10H6N4O2.2C8H8N4.C8H10O.C7H5ClN4.C5H5N5O.C5H8N4O2.CH2N4/c1-2-7-3-4-9(16)8(5-7)10(17)6-11-12-14-15-13-11;16-9-6-8(7-4-2-1-3-5-7)11-10-12-13-14-15(9)10;15-10-7(9-11-13-14-12-9)5-6-3-1-2-4-8(6)16-10;2*1-6-2-4-7(5-3-6)8-9-11-12-10-8;1-7-3-5-8(9-2)6-4-7;8-6-3-1-5(2-4-6)7-9-11-12-10-7;1-3-2-4(11)10-5(6-3)7-8-9-10;1-2-9-4(3-5(10)11)6-7-8-9;1-2-4-5-3-1/h3-5,16H,2,6H2,1H3,(H,12,13,14,15);1-6H,(H,11,12,14);1-5H,(H,11,12,13,14);2*2-5H,1H3,(H,9,10,11,12);3-6H,1-2H3;1-4H,(H,9,10,11,12);2H,1H3,(H,6,7,9);2-3H2,1H3,(H,10,11);1H,(H,2,3,4,5). The quantitative estimate of drug-likeness (QED) is 0.0477. The highest BCUT2D eigenvalue weighted by molar-refractivity contribution is 6.30. The van der Waals surface area contributed by atoms with Crippen LogP contribution >= 0.6 is 11.6 Å². The minimum Gasteiger partial charge on any atom is -0.507 e. The van der Waals surface area contributed by atoms with Gasteiger partial charge in [-0.2, -0.15) is 50.7 Å². The van der Waals surface area contributed by atoms with Crippen LogP contribution in [0.25, 0.3) is 79.3 Å². The molecule has 12 heterocycles. The van der Waals surface area contributed by atoms with Crippen LogP contribution in [0, 0.1) is 27.7 Å². The number of tetrazole rings is 9. The van der Waals surface area contributed by atoms with Crippen molar-refractivity contribution in [2.45, 2.75) is 67.3 Å². The second-order valence-corrected chi connectivity index (χ2v) is 24.7. The average Bonchev–Trinajstić information content (AvgIpc) is 1.78. The van der Waals surface area contributed by atoms with Crippen LogP contribution in [0.3, 0.4) is 0 Å². The number of fused-ring (bicyclic) bond motifs is 3. The van der Waals surface area contributed by atoms with E-state index in [4.69, 9.17) is 25.9 Å². The molecule has 0 aliphatic heterocycles. The molecule has 0 saturated carbocycles. The number of H-pyrrole nitrogens is 8. The topological polar surface area (TPSA) is 636 Å². The van der Waals surface area contributed by atoms with Gasteiger partial charge in [0.15, 0.2) is 23.8 Å². The number of carbonyl (C=O) groups is 2. The van der Waals surface area contributed by atoms with Crippen molar-refractivity contribution in [1.29, 1.82) is 0 Å². The molecule has 0 saturated heterocycles. The number of rotatable bonds is 13. The first-order valence-electron chi connectivity index (χ1n) is 35.6. The van der Waals surface area contributed by atoms with Crippen molar-refractivity contribution in [2.75, 3.05) is 7.11 Å². The number of Topliss-reactive ketones (excluding diaryl/α,β-unsaturated/α-hetero) is 1. The third-order valence-electron chi connectivity index (χ3n) is 15.8. The lowest BCUT2D eigenvalue weighted by atomic mass is 10.0. The molecule has 0 bridgehead atoms. The average molecular weight is 1660 g/mol. The smallest absolute Gasteiger partial charge is 0.347 e. The number of aliphatic carboxylic acids is 1. The van der Waals surface area contributed by atoms with Crippen molar-refractivity contribution < 1.29 is 29.0 Å². The van der Waals surface area contributed by atoms with Gasteiger partial charge < -0.3 is 19.4 Å². The Bertz CT molecular complexity index is 6240. The van der Waals surface area contributed by atoms with E-state index in [-0.39, 0.29) is 47.1 Å². The van der Waals surface area contributed by atoms with Crippen LogP contribution in [0.5, 0.6) is 11.5 Å². The Morgan fingerprint density at radius 2 is 1.04 bits per heavy atom. The number of carboxylic acids is 1. The van der Waals surface area contributed by atoms with E-state index in [1.165, 1.54) is 54.9 Å². The summed E-state index contributed by atoms with van der Waals surface area (Å²) in [5.41, 5.74) is 9.93. The SMILES string of the molecule is CCc1ccc(O)c(C(=O)Cc2nn[nH]n2)c1.CCn1nnnc1CC(=O)O.COc1ccc(C)cc1.Cc1cc(=O)n2[nH]nnc2n1.Cc1ccc(-c2nn[nH]n2)cc1.Cc1ccc(-c2nn[nH]n2)cc1.Clc1ccc(-c2nn[nH]n2)cc1.O=c1cc(-c2ccccc2)nc2nn[nH]n12.O=c1oc2ccccc2cc1-c1nn[nH]n1.c1nn[nH]n1. The number of carbonyl (C=O) groups excluding carboxylic acids is 1. The number of hydrogen-bond donors (Lipinski definition) is 10. The van der Waals surface area contributed by atoms with E-state index in [9.17, 15) is 29.1 Å². The van der Waals surface area contributed by atoms with Crippen LogP contribution in [0.4, 0.5) is 0 Å². The first-order chi connectivity index (χ1) is 58.8. The van der Waals surface area contributed by atoms with Crippen LogP contribution in [0.1, 0.15) is 63.8 Å². The van der Waals surface area contributed by atoms with Crippen LogP contribution in [-0.2, 0) is 30.6 Å². The van der Waals surface area contributed by atoms with Gasteiger partial charge in [-0.05, 0) is 149 Å². The highest BCUT2D eigenvalue weighted by atomic mass is 35.5. The maximum absolute atomic E-state index is 11.9. The summed E-state index contributed by atoms with van der Waals surface area (Å²) in [6.07, 6.45) is 2.04. The predicted octanol–water partition coefficient (Wildman–Crippen LogP) is 5.86. The maximum Gasteiger partial charge on any atom is 0.347 e. The zero-order chi connectivity index (χ0) is 85.7. The molecule has 0 atom stereocenters. The van der Waals surface area contributed by atoms with Crippen molar-refractivity contribution in [3.63, 3.8) is 0 Å². The Hall–Kier alpha value is -17.2.